The lowest BCUT2D eigenvalue weighted by molar-refractivity contribution is 0.355. The maximum atomic E-state index is 5.28. The van der Waals surface area contributed by atoms with Gasteiger partial charge in [-0.1, -0.05) is 12.1 Å². The zero-order valence-corrected chi connectivity index (χ0v) is 10.2. The Labute approximate surface area is 101 Å². The molecule has 0 unspecified atom stereocenters. The van der Waals surface area contributed by atoms with Crippen molar-refractivity contribution in [1.29, 1.82) is 0 Å². The quantitative estimate of drug-likeness (QED) is 0.810. The lowest BCUT2D eigenvalue weighted by Crippen LogP contribution is -1.91. The standard InChI is InChI=1S/C14H15NO2/c1-10-4-5-12(9-15-10)11-6-7-13(16-2)14(8-11)17-3/h4-9H,1-3H3. The summed E-state index contributed by atoms with van der Waals surface area (Å²) in [5.41, 5.74) is 3.14. The Morgan fingerprint density at radius 3 is 2.18 bits per heavy atom. The van der Waals surface area contributed by atoms with Crippen molar-refractivity contribution in [2.24, 2.45) is 0 Å². The summed E-state index contributed by atoms with van der Waals surface area (Å²) in [6.07, 6.45) is 1.86. The average Bonchev–Trinajstić information content (AvgIpc) is 2.39. The number of hydrogen-bond acceptors (Lipinski definition) is 3. The SMILES string of the molecule is COc1ccc(-c2ccc(C)nc2)cc1OC. The second kappa shape index (κ2) is 4.87. The zero-order chi connectivity index (χ0) is 12.3. The summed E-state index contributed by atoms with van der Waals surface area (Å²) >= 11 is 0. The molecule has 88 valence electrons. The van der Waals surface area contributed by atoms with Crippen molar-refractivity contribution < 1.29 is 9.47 Å². The molecule has 1 heterocycles. The van der Waals surface area contributed by atoms with E-state index in [0.29, 0.717) is 0 Å². The van der Waals surface area contributed by atoms with Gasteiger partial charge >= 0.3 is 0 Å². The van der Waals surface area contributed by atoms with Gasteiger partial charge in [-0.15, -0.1) is 0 Å². The molecule has 2 rings (SSSR count). The Morgan fingerprint density at radius 2 is 1.59 bits per heavy atom. The number of pyridine rings is 1. The molecule has 0 spiro atoms. The number of aromatic nitrogens is 1. The molecule has 2 aromatic rings. The van der Waals surface area contributed by atoms with Crippen LogP contribution < -0.4 is 9.47 Å². The number of hydrogen-bond donors (Lipinski definition) is 0. The van der Waals surface area contributed by atoms with Gasteiger partial charge in [-0.2, -0.15) is 0 Å². The van der Waals surface area contributed by atoms with Crippen LogP contribution in [0.15, 0.2) is 36.5 Å². The van der Waals surface area contributed by atoms with Gasteiger partial charge in [0.15, 0.2) is 11.5 Å². The first-order valence-corrected chi connectivity index (χ1v) is 5.39. The van der Waals surface area contributed by atoms with E-state index in [1.807, 2.05) is 43.5 Å². The number of ether oxygens (including phenoxy) is 2. The van der Waals surface area contributed by atoms with Crippen LogP contribution in [0.25, 0.3) is 11.1 Å². The Kier molecular flexibility index (Phi) is 3.28. The molecular formula is C14H15NO2. The fraction of sp³-hybridized carbons (Fsp3) is 0.214. The molecule has 1 aromatic heterocycles. The first-order chi connectivity index (χ1) is 8.24. The minimum Gasteiger partial charge on any atom is -0.493 e. The van der Waals surface area contributed by atoms with Gasteiger partial charge in [0.05, 0.1) is 14.2 Å². The van der Waals surface area contributed by atoms with Crippen molar-refractivity contribution in [3.05, 3.63) is 42.2 Å². The Hall–Kier alpha value is -2.03. The predicted molar refractivity (Wildman–Crippen MR) is 67.5 cm³/mol. The Balaban J connectivity index is 2.42. The van der Waals surface area contributed by atoms with E-state index in [1.165, 1.54) is 0 Å². The highest BCUT2D eigenvalue weighted by Gasteiger charge is 2.05. The summed E-state index contributed by atoms with van der Waals surface area (Å²) in [5.74, 6) is 1.46. The van der Waals surface area contributed by atoms with Crippen LogP contribution in [0.4, 0.5) is 0 Å². The minimum absolute atomic E-state index is 0.727. The molecule has 0 aliphatic heterocycles. The van der Waals surface area contributed by atoms with E-state index in [4.69, 9.17) is 9.47 Å². The first-order valence-electron chi connectivity index (χ1n) is 5.39. The van der Waals surface area contributed by atoms with Crippen LogP contribution in [0.3, 0.4) is 0 Å². The molecule has 0 N–H and O–H groups in total. The molecule has 0 aliphatic rings. The highest BCUT2D eigenvalue weighted by molar-refractivity contribution is 5.66. The number of benzene rings is 1. The highest BCUT2D eigenvalue weighted by Crippen LogP contribution is 2.31. The van der Waals surface area contributed by atoms with Crippen molar-refractivity contribution in [3.8, 4) is 22.6 Å². The minimum atomic E-state index is 0.727. The summed E-state index contributed by atoms with van der Waals surface area (Å²) < 4.78 is 10.5. The Morgan fingerprint density at radius 1 is 0.882 bits per heavy atom. The molecule has 0 fully saturated rings. The fourth-order valence-corrected chi connectivity index (χ4v) is 1.65. The van der Waals surface area contributed by atoms with E-state index in [2.05, 4.69) is 4.98 Å². The van der Waals surface area contributed by atoms with Crippen molar-refractivity contribution in [1.82, 2.24) is 4.98 Å². The molecule has 3 heteroatoms. The third kappa shape index (κ3) is 2.38. The van der Waals surface area contributed by atoms with Gasteiger partial charge in [0, 0.05) is 17.5 Å². The maximum absolute atomic E-state index is 5.28. The molecule has 0 radical (unpaired) electrons. The summed E-state index contributed by atoms with van der Waals surface area (Å²) in [5, 5.41) is 0. The van der Waals surface area contributed by atoms with Crippen LogP contribution in [-0.2, 0) is 0 Å². The average molecular weight is 229 g/mol. The molecule has 0 bridgehead atoms. The fourth-order valence-electron chi connectivity index (χ4n) is 1.65. The molecule has 0 saturated carbocycles. The van der Waals surface area contributed by atoms with Gasteiger partial charge in [-0.25, -0.2) is 0 Å². The smallest absolute Gasteiger partial charge is 0.161 e. The van der Waals surface area contributed by atoms with Crippen molar-refractivity contribution in [3.63, 3.8) is 0 Å². The van der Waals surface area contributed by atoms with Gasteiger partial charge in [-0.05, 0) is 30.7 Å². The number of nitrogens with zero attached hydrogens (tertiary/aromatic N) is 1. The van der Waals surface area contributed by atoms with Crippen LogP contribution in [0, 0.1) is 6.92 Å². The normalized spacial score (nSPS) is 10.1. The Bertz CT molecular complexity index is 506. The van der Waals surface area contributed by atoms with Crippen LogP contribution in [0.5, 0.6) is 11.5 Å². The number of aryl methyl sites for hydroxylation is 1. The first kappa shape index (κ1) is 11.5. The van der Waals surface area contributed by atoms with Gasteiger partial charge in [0.25, 0.3) is 0 Å². The third-order valence-corrected chi connectivity index (χ3v) is 2.63. The number of rotatable bonds is 3. The second-order valence-electron chi connectivity index (χ2n) is 3.76. The van der Waals surface area contributed by atoms with Crippen LogP contribution in [0.1, 0.15) is 5.69 Å². The molecular weight excluding hydrogens is 214 g/mol. The second-order valence-corrected chi connectivity index (χ2v) is 3.76. The van der Waals surface area contributed by atoms with E-state index in [-0.39, 0.29) is 0 Å². The van der Waals surface area contributed by atoms with E-state index < -0.39 is 0 Å². The molecule has 0 amide bonds. The summed E-state index contributed by atoms with van der Waals surface area (Å²) in [6, 6.07) is 9.88. The lowest BCUT2D eigenvalue weighted by atomic mass is 10.1. The maximum Gasteiger partial charge on any atom is 0.161 e. The molecule has 17 heavy (non-hydrogen) atoms. The van der Waals surface area contributed by atoms with Gasteiger partial charge in [0.1, 0.15) is 0 Å². The molecule has 3 nitrogen and oxygen atoms in total. The highest BCUT2D eigenvalue weighted by atomic mass is 16.5. The summed E-state index contributed by atoms with van der Waals surface area (Å²) in [6.45, 7) is 1.97. The summed E-state index contributed by atoms with van der Waals surface area (Å²) in [7, 11) is 3.26. The summed E-state index contributed by atoms with van der Waals surface area (Å²) in [4.78, 5) is 4.28. The van der Waals surface area contributed by atoms with E-state index in [0.717, 1.165) is 28.3 Å². The van der Waals surface area contributed by atoms with Crippen LogP contribution in [0.2, 0.25) is 0 Å². The molecule has 0 atom stereocenters. The third-order valence-electron chi connectivity index (χ3n) is 2.63. The van der Waals surface area contributed by atoms with E-state index in [9.17, 15) is 0 Å². The predicted octanol–water partition coefficient (Wildman–Crippen LogP) is 3.07. The van der Waals surface area contributed by atoms with Gasteiger partial charge in [0.2, 0.25) is 0 Å². The van der Waals surface area contributed by atoms with E-state index in [1.54, 1.807) is 14.2 Å². The topological polar surface area (TPSA) is 31.4 Å². The van der Waals surface area contributed by atoms with Crippen molar-refractivity contribution >= 4 is 0 Å². The number of methoxy groups -OCH3 is 2. The molecule has 1 aromatic carbocycles. The largest absolute Gasteiger partial charge is 0.493 e. The van der Waals surface area contributed by atoms with Gasteiger partial charge in [-0.3, -0.25) is 4.98 Å². The monoisotopic (exact) mass is 229 g/mol. The lowest BCUT2D eigenvalue weighted by Gasteiger charge is -2.09. The van der Waals surface area contributed by atoms with Crippen molar-refractivity contribution in [2.75, 3.05) is 14.2 Å². The van der Waals surface area contributed by atoms with Crippen LogP contribution in [-0.4, -0.2) is 19.2 Å². The van der Waals surface area contributed by atoms with Crippen LogP contribution >= 0.6 is 0 Å². The molecule has 0 saturated heterocycles. The van der Waals surface area contributed by atoms with Gasteiger partial charge < -0.3 is 9.47 Å². The zero-order valence-electron chi connectivity index (χ0n) is 10.2. The molecule has 0 aliphatic carbocycles. The van der Waals surface area contributed by atoms with E-state index >= 15 is 0 Å². The van der Waals surface area contributed by atoms with Crippen molar-refractivity contribution in [2.45, 2.75) is 6.92 Å².